The molecule has 3 saturated carbocycles. The highest BCUT2D eigenvalue weighted by molar-refractivity contribution is 5.97. The topological polar surface area (TPSA) is 34.1 Å². The molecular formula is C14H18O2. The van der Waals surface area contributed by atoms with E-state index in [1.807, 2.05) is 13.0 Å². The fraction of sp³-hybridized carbons (Fsp3) is 0.714. The van der Waals surface area contributed by atoms with E-state index in [1.54, 1.807) is 6.92 Å². The Morgan fingerprint density at radius 2 is 2.25 bits per heavy atom. The quantitative estimate of drug-likeness (QED) is 0.681. The number of carbonyl (C=O) groups excluding carboxylic acids is 2. The van der Waals surface area contributed by atoms with Gasteiger partial charge in [-0.25, -0.2) is 0 Å². The Morgan fingerprint density at radius 3 is 2.75 bits per heavy atom. The van der Waals surface area contributed by atoms with Crippen LogP contribution in [0.25, 0.3) is 0 Å². The molecule has 0 N–H and O–H groups in total. The van der Waals surface area contributed by atoms with Crippen LogP contribution < -0.4 is 0 Å². The Kier molecular flexibility index (Phi) is 1.82. The van der Waals surface area contributed by atoms with Gasteiger partial charge >= 0.3 is 0 Å². The Morgan fingerprint density at radius 1 is 1.56 bits per heavy atom. The van der Waals surface area contributed by atoms with E-state index in [0.717, 1.165) is 6.42 Å². The molecule has 2 nitrogen and oxygen atoms in total. The highest BCUT2D eigenvalue weighted by atomic mass is 16.1. The van der Waals surface area contributed by atoms with Gasteiger partial charge in [0.1, 0.15) is 11.6 Å². The molecule has 0 aliphatic heterocycles. The normalized spacial score (nSPS) is 52.6. The lowest BCUT2D eigenvalue weighted by Crippen LogP contribution is -2.33. The van der Waals surface area contributed by atoms with Crippen LogP contribution in [0, 0.1) is 35.0 Å². The van der Waals surface area contributed by atoms with Gasteiger partial charge in [-0.15, -0.1) is 6.58 Å². The van der Waals surface area contributed by atoms with Crippen LogP contribution in [0.4, 0.5) is 0 Å². The number of hydrogen-bond donors (Lipinski definition) is 0. The van der Waals surface area contributed by atoms with Crippen molar-refractivity contribution in [3.05, 3.63) is 12.7 Å². The molecule has 0 radical (unpaired) electrons. The van der Waals surface area contributed by atoms with Crippen molar-refractivity contribution < 1.29 is 9.59 Å². The molecule has 0 saturated heterocycles. The van der Waals surface area contributed by atoms with Gasteiger partial charge in [-0.1, -0.05) is 13.0 Å². The number of ketones is 2. The van der Waals surface area contributed by atoms with Gasteiger partial charge in [0.25, 0.3) is 0 Å². The minimum Gasteiger partial charge on any atom is -0.300 e. The first-order valence-electron chi connectivity index (χ1n) is 6.17. The summed E-state index contributed by atoms with van der Waals surface area (Å²) in [5.41, 5.74) is -0.352. The van der Waals surface area contributed by atoms with E-state index >= 15 is 0 Å². The van der Waals surface area contributed by atoms with E-state index in [1.165, 1.54) is 0 Å². The maximum atomic E-state index is 12.3. The molecule has 3 fully saturated rings. The van der Waals surface area contributed by atoms with Crippen LogP contribution in [0.5, 0.6) is 0 Å². The van der Waals surface area contributed by atoms with Gasteiger partial charge in [-0.05, 0) is 37.0 Å². The zero-order chi connectivity index (χ0) is 11.7. The van der Waals surface area contributed by atoms with Crippen LogP contribution in [0.15, 0.2) is 12.7 Å². The molecule has 0 aromatic heterocycles. The molecule has 16 heavy (non-hydrogen) atoms. The molecular weight excluding hydrogens is 200 g/mol. The molecule has 2 unspecified atom stereocenters. The average molecular weight is 218 g/mol. The predicted octanol–water partition coefficient (Wildman–Crippen LogP) is 2.24. The highest BCUT2D eigenvalue weighted by Crippen LogP contribution is 2.74. The Labute approximate surface area is 96.1 Å². The predicted molar refractivity (Wildman–Crippen MR) is 60.7 cm³/mol. The number of carbonyl (C=O) groups is 2. The average Bonchev–Trinajstić information content (AvgIpc) is 2.75. The van der Waals surface area contributed by atoms with Crippen LogP contribution >= 0.6 is 0 Å². The Bertz CT molecular complexity index is 398. The summed E-state index contributed by atoms with van der Waals surface area (Å²) in [7, 11) is 0. The molecule has 0 spiro atoms. The summed E-state index contributed by atoms with van der Waals surface area (Å²) in [5, 5.41) is 0. The minimum atomic E-state index is -0.352. The van der Waals surface area contributed by atoms with Crippen LogP contribution in [0.2, 0.25) is 0 Å². The van der Waals surface area contributed by atoms with Crippen LogP contribution in [-0.2, 0) is 9.59 Å². The van der Waals surface area contributed by atoms with Crippen molar-refractivity contribution >= 4 is 11.6 Å². The van der Waals surface area contributed by atoms with Crippen molar-refractivity contribution in [2.24, 2.45) is 35.0 Å². The van der Waals surface area contributed by atoms with E-state index in [-0.39, 0.29) is 17.1 Å². The summed E-state index contributed by atoms with van der Waals surface area (Å²) in [5.74, 6) is 2.92. The lowest BCUT2D eigenvalue weighted by Gasteiger charge is -2.29. The molecule has 6 atom stereocenters. The molecule has 0 heterocycles. The maximum absolute atomic E-state index is 12.3. The molecule has 0 aromatic carbocycles. The van der Waals surface area contributed by atoms with E-state index in [9.17, 15) is 9.59 Å². The highest BCUT2D eigenvalue weighted by Gasteiger charge is 2.76. The lowest BCUT2D eigenvalue weighted by atomic mass is 9.73. The number of fused-ring (bicyclic) bond motifs is 1. The molecule has 2 heteroatoms. The third-order valence-electron chi connectivity index (χ3n) is 5.22. The van der Waals surface area contributed by atoms with Crippen molar-refractivity contribution in [2.45, 2.75) is 26.7 Å². The summed E-state index contributed by atoms with van der Waals surface area (Å²) in [6, 6.07) is 0. The Hall–Kier alpha value is -0.920. The first kappa shape index (κ1) is 10.2. The molecule has 86 valence electrons. The second-order valence-electron chi connectivity index (χ2n) is 6.08. The van der Waals surface area contributed by atoms with Gasteiger partial charge in [-0.3, -0.25) is 9.59 Å². The van der Waals surface area contributed by atoms with E-state index < -0.39 is 0 Å². The second kappa shape index (κ2) is 2.85. The van der Waals surface area contributed by atoms with Gasteiger partial charge in [0, 0.05) is 17.8 Å². The Balaban J connectivity index is 1.92. The summed E-state index contributed by atoms with van der Waals surface area (Å²) < 4.78 is 0. The summed E-state index contributed by atoms with van der Waals surface area (Å²) >= 11 is 0. The fourth-order valence-electron chi connectivity index (χ4n) is 4.62. The zero-order valence-corrected chi connectivity index (χ0v) is 9.90. The first-order valence-corrected chi connectivity index (χ1v) is 6.17. The first-order chi connectivity index (χ1) is 7.50. The lowest BCUT2D eigenvalue weighted by molar-refractivity contribution is -0.133. The number of allylic oxidation sites excluding steroid dienone is 1. The van der Waals surface area contributed by atoms with Crippen LogP contribution in [-0.4, -0.2) is 11.6 Å². The standard InChI is InChI=1S/C14H18O2/c1-4-8-5-9-11-10(8)12(11)13(16)14(9,3)6-7(2)15/h4,8-12H,1,5-6H2,2-3H3/t8-,9-,10?,11-,12?,14+/m0/s1. The van der Waals surface area contributed by atoms with E-state index in [4.69, 9.17) is 0 Å². The van der Waals surface area contributed by atoms with Crippen molar-refractivity contribution in [3.63, 3.8) is 0 Å². The fourth-order valence-corrected chi connectivity index (χ4v) is 4.62. The van der Waals surface area contributed by atoms with Crippen LogP contribution in [0.1, 0.15) is 26.7 Å². The number of Topliss-reactive ketones (excluding diaryl/α,β-unsaturated/α-hetero) is 2. The van der Waals surface area contributed by atoms with Gasteiger partial charge in [0.05, 0.1) is 0 Å². The van der Waals surface area contributed by atoms with Crippen LogP contribution in [0.3, 0.4) is 0 Å². The van der Waals surface area contributed by atoms with Gasteiger partial charge in [-0.2, -0.15) is 0 Å². The van der Waals surface area contributed by atoms with Crippen molar-refractivity contribution in [3.8, 4) is 0 Å². The molecule has 0 aromatic rings. The van der Waals surface area contributed by atoms with E-state index in [0.29, 0.717) is 35.9 Å². The van der Waals surface area contributed by atoms with Gasteiger partial charge in [0.2, 0.25) is 0 Å². The van der Waals surface area contributed by atoms with Gasteiger partial charge in [0.15, 0.2) is 0 Å². The third-order valence-corrected chi connectivity index (χ3v) is 5.22. The maximum Gasteiger partial charge on any atom is 0.143 e. The third kappa shape index (κ3) is 0.982. The second-order valence-corrected chi connectivity index (χ2v) is 6.08. The monoisotopic (exact) mass is 218 g/mol. The van der Waals surface area contributed by atoms with Gasteiger partial charge < -0.3 is 0 Å². The SMILES string of the molecule is C=C[C@H]1C[C@H]2[C@@H]3C(C(=O)[C@]2(C)CC(C)=O)C31. The molecule has 0 amide bonds. The molecule has 3 aliphatic carbocycles. The smallest absolute Gasteiger partial charge is 0.143 e. The zero-order valence-electron chi connectivity index (χ0n) is 9.90. The molecule has 3 aliphatic rings. The van der Waals surface area contributed by atoms with Crippen molar-refractivity contribution in [1.82, 2.24) is 0 Å². The summed E-state index contributed by atoms with van der Waals surface area (Å²) in [6.45, 7) is 7.48. The van der Waals surface area contributed by atoms with E-state index in [2.05, 4.69) is 6.58 Å². The largest absolute Gasteiger partial charge is 0.300 e. The van der Waals surface area contributed by atoms with Crippen molar-refractivity contribution in [1.29, 1.82) is 0 Å². The minimum absolute atomic E-state index is 0.149. The number of rotatable bonds is 3. The summed E-state index contributed by atoms with van der Waals surface area (Å²) in [6.07, 6.45) is 3.54. The molecule has 3 rings (SSSR count). The number of hydrogen-bond acceptors (Lipinski definition) is 2. The molecule has 0 bridgehead atoms. The summed E-state index contributed by atoms with van der Waals surface area (Å²) in [4.78, 5) is 23.7. The van der Waals surface area contributed by atoms with Crippen molar-refractivity contribution in [2.75, 3.05) is 0 Å².